The lowest BCUT2D eigenvalue weighted by Crippen LogP contribution is -2.25. The maximum Gasteiger partial charge on any atom is 0.226 e. The van der Waals surface area contributed by atoms with Gasteiger partial charge in [0.25, 0.3) is 0 Å². The normalized spacial score (nSPS) is 15.9. The van der Waals surface area contributed by atoms with E-state index in [4.69, 9.17) is 9.84 Å². The van der Waals surface area contributed by atoms with Gasteiger partial charge < -0.3 is 10.1 Å². The third-order valence-electron chi connectivity index (χ3n) is 5.38. The highest BCUT2D eigenvalue weighted by atomic mass is 16.5. The van der Waals surface area contributed by atoms with Crippen LogP contribution in [-0.4, -0.2) is 41.6 Å². The number of amides is 1. The molecule has 9 nitrogen and oxygen atoms in total. The molecule has 4 heterocycles. The Bertz CT molecular complexity index is 1290. The first-order valence-electron chi connectivity index (χ1n) is 10.3. The van der Waals surface area contributed by atoms with Crippen LogP contribution >= 0.6 is 0 Å². The molecular formula is C22H23N7O2. The number of carbonyl (C=O) groups is 1. The molecule has 0 spiro atoms. The fourth-order valence-electron chi connectivity index (χ4n) is 4.05. The Morgan fingerprint density at radius 1 is 1.06 bits per heavy atom. The second kappa shape index (κ2) is 7.19. The molecule has 0 fully saturated rings. The number of nitrogens with one attached hydrogen (secondary N) is 1. The van der Waals surface area contributed by atoms with Gasteiger partial charge in [0, 0.05) is 17.9 Å². The van der Waals surface area contributed by atoms with E-state index in [0.29, 0.717) is 29.5 Å². The minimum atomic E-state index is -0.0917. The molecule has 0 saturated heterocycles. The highest BCUT2D eigenvalue weighted by molar-refractivity contribution is 5.95. The molecule has 0 radical (unpaired) electrons. The maximum absolute atomic E-state index is 12.6. The molecule has 1 aliphatic rings. The number of ether oxygens (including phenoxy) is 1. The molecule has 0 saturated carbocycles. The summed E-state index contributed by atoms with van der Waals surface area (Å²) in [6, 6.07) is 11.6. The minimum absolute atomic E-state index is 0.0530. The van der Waals surface area contributed by atoms with Gasteiger partial charge in [0.05, 0.1) is 11.8 Å². The quantitative estimate of drug-likeness (QED) is 0.547. The van der Waals surface area contributed by atoms with E-state index in [9.17, 15) is 4.79 Å². The summed E-state index contributed by atoms with van der Waals surface area (Å²) in [5.41, 5.74) is 3.56. The van der Waals surface area contributed by atoms with Crippen LogP contribution in [-0.2, 0) is 4.79 Å². The lowest BCUT2D eigenvalue weighted by Gasteiger charge is -2.24. The zero-order valence-corrected chi connectivity index (χ0v) is 17.8. The highest BCUT2D eigenvalue weighted by Crippen LogP contribution is 2.40. The molecule has 0 bridgehead atoms. The molecule has 0 aliphatic carbocycles. The van der Waals surface area contributed by atoms with Gasteiger partial charge in [-0.2, -0.15) is 14.3 Å². The SMILES string of the molecule is Cc1nn(-c2ccc3nnc(C)n3n2)c2c1C(c1ccc(OC(C)C)cc1)CC(=O)N2. The van der Waals surface area contributed by atoms with E-state index in [1.54, 1.807) is 9.20 Å². The molecule has 9 heteroatoms. The largest absolute Gasteiger partial charge is 0.491 e. The average molecular weight is 417 g/mol. The number of benzene rings is 1. The molecule has 3 aromatic heterocycles. The Labute approximate surface area is 179 Å². The molecule has 1 N–H and O–H groups in total. The van der Waals surface area contributed by atoms with Gasteiger partial charge in [-0.05, 0) is 57.5 Å². The van der Waals surface area contributed by atoms with Crippen molar-refractivity contribution >= 4 is 17.4 Å². The van der Waals surface area contributed by atoms with Crippen molar-refractivity contribution in [1.82, 2.24) is 29.6 Å². The van der Waals surface area contributed by atoms with Gasteiger partial charge in [0.15, 0.2) is 17.3 Å². The Balaban J connectivity index is 1.58. The van der Waals surface area contributed by atoms with Crippen molar-refractivity contribution in [2.75, 3.05) is 5.32 Å². The first-order valence-corrected chi connectivity index (χ1v) is 10.3. The summed E-state index contributed by atoms with van der Waals surface area (Å²) in [4.78, 5) is 12.6. The second-order valence-electron chi connectivity index (χ2n) is 8.01. The summed E-state index contributed by atoms with van der Waals surface area (Å²) in [6.07, 6.45) is 0.471. The first kappa shape index (κ1) is 19.2. The van der Waals surface area contributed by atoms with Gasteiger partial charge in [0.1, 0.15) is 11.6 Å². The van der Waals surface area contributed by atoms with Crippen molar-refractivity contribution in [3.05, 3.63) is 59.0 Å². The zero-order chi connectivity index (χ0) is 21.7. The van der Waals surface area contributed by atoms with Crippen molar-refractivity contribution in [2.24, 2.45) is 0 Å². The number of aromatic nitrogens is 6. The lowest BCUT2D eigenvalue weighted by molar-refractivity contribution is -0.116. The summed E-state index contributed by atoms with van der Waals surface area (Å²) < 4.78 is 9.10. The molecule has 1 aliphatic heterocycles. The van der Waals surface area contributed by atoms with Crippen molar-refractivity contribution < 1.29 is 9.53 Å². The zero-order valence-electron chi connectivity index (χ0n) is 17.8. The van der Waals surface area contributed by atoms with Crippen LogP contribution in [0.5, 0.6) is 5.75 Å². The molecule has 31 heavy (non-hydrogen) atoms. The first-order chi connectivity index (χ1) is 14.9. The van der Waals surface area contributed by atoms with Gasteiger partial charge in [0.2, 0.25) is 5.91 Å². The fraction of sp³-hybridized carbons (Fsp3) is 0.318. The highest BCUT2D eigenvalue weighted by Gasteiger charge is 2.33. The lowest BCUT2D eigenvalue weighted by atomic mass is 9.86. The van der Waals surface area contributed by atoms with Crippen LogP contribution in [0.3, 0.4) is 0 Å². The van der Waals surface area contributed by atoms with Crippen LogP contribution in [0.15, 0.2) is 36.4 Å². The smallest absolute Gasteiger partial charge is 0.226 e. The van der Waals surface area contributed by atoms with E-state index in [0.717, 1.165) is 22.6 Å². The number of anilines is 1. The Morgan fingerprint density at radius 3 is 2.58 bits per heavy atom. The van der Waals surface area contributed by atoms with E-state index in [1.807, 2.05) is 64.1 Å². The van der Waals surface area contributed by atoms with Gasteiger partial charge in [-0.1, -0.05) is 12.1 Å². The van der Waals surface area contributed by atoms with Crippen LogP contribution in [0.2, 0.25) is 0 Å². The molecule has 1 amide bonds. The minimum Gasteiger partial charge on any atom is -0.491 e. The van der Waals surface area contributed by atoms with Crippen molar-refractivity contribution in [1.29, 1.82) is 0 Å². The van der Waals surface area contributed by atoms with Crippen molar-refractivity contribution in [2.45, 2.75) is 46.1 Å². The topological polar surface area (TPSA) is 99.2 Å². The molecule has 1 unspecified atom stereocenters. The number of hydrogen-bond acceptors (Lipinski definition) is 6. The van der Waals surface area contributed by atoms with Crippen LogP contribution in [0.4, 0.5) is 5.82 Å². The fourth-order valence-corrected chi connectivity index (χ4v) is 4.05. The number of rotatable bonds is 4. The second-order valence-corrected chi connectivity index (χ2v) is 8.01. The molecule has 4 aromatic rings. The summed E-state index contributed by atoms with van der Waals surface area (Å²) in [5.74, 6) is 2.59. The number of aryl methyl sites for hydroxylation is 2. The van der Waals surface area contributed by atoms with Crippen molar-refractivity contribution in [3.63, 3.8) is 0 Å². The van der Waals surface area contributed by atoms with Gasteiger partial charge in [-0.3, -0.25) is 4.79 Å². The number of fused-ring (bicyclic) bond motifs is 2. The number of hydrogen-bond donors (Lipinski definition) is 1. The van der Waals surface area contributed by atoms with E-state index >= 15 is 0 Å². The Kier molecular flexibility index (Phi) is 4.46. The van der Waals surface area contributed by atoms with Gasteiger partial charge in [-0.15, -0.1) is 15.3 Å². The van der Waals surface area contributed by atoms with Crippen molar-refractivity contribution in [3.8, 4) is 11.6 Å². The summed E-state index contributed by atoms with van der Waals surface area (Å²) in [7, 11) is 0. The number of nitrogens with zero attached hydrogens (tertiary/aromatic N) is 6. The molecule has 5 rings (SSSR count). The number of carbonyl (C=O) groups excluding carboxylic acids is 1. The molecule has 1 aromatic carbocycles. The van der Waals surface area contributed by atoms with Crippen LogP contribution in [0, 0.1) is 13.8 Å². The molecule has 158 valence electrons. The van der Waals surface area contributed by atoms with Gasteiger partial charge >= 0.3 is 0 Å². The Hall–Kier alpha value is -3.75. The van der Waals surface area contributed by atoms with E-state index in [1.165, 1.54) is 0 Å². The van der Waals surface area contributed by atoms with E-state index in [-0.39, 0.29) is 17.9 Å². The molecule has 1 atom stereocenters. The third-order valence-corrected chi connectivity index (χ3v) is 5.38. The van der Waals surface area contributed by atoms with Crippen LogP contribution < -0.4 is 10.1 Å². The summed E-state index contributed by atoms with van der Waals surface area (Å²) in [5, 5.41) is 20.4. The Morgan fingerprint density at radius 2 is 1.84 bits per heavy atom. The maximum atomic E-state index is 12.6. The van der Waals surface area contributed by atoms with Crippen LogP contribution in [0.25, 0.3) is 11.5 Å². The van der Waals surface area contributed by atoms with Crippen LogP contribution in [0.1, 0.15) is 48.8 Å². The third kappa shape index (κ3) is 3.31. The predicted octanol–water partition coefficient (Wildman–Crippen LogP) is 3.19. The monoisotopic (exact) mass is 417 g/mol. The predicted molar refractivity (Wildman–Crippen MR) is 115 cm³/mol. The van der Waals surface area contributed by atoms with Gasteiger partial charge in [-0.25, -0.2) is 0 Å². The van der Waals surface area contributed by atoms with E-state index in [2.05, 4.69) is 20.6 Å². The van der Waals surface area contributed by atoms with E-state index < -0.39 is 0 Å². The standard InChI is InChI=1S/C22H23N7O2/c1-12(2)31-16-7-5-15(6-8-16)17-11-20(30)23-22-21(17)13(3)26-29(22)19-10-9-18-25-24-14(4)28(18)27-19/h5-10,12,17H,11H2,1-4H3,(H,23,30). The summed E-state index contributed by atoms with van der Waals surface area (Å²) in [6.45, 7) is 7.79. The molecular weight excluding hydrogens is 394 g/mol. The average Bonchev–Trinajstić information content (AvgIpc) is 3.27. The summed E-state index contributed by atoms with van der Waals surface area (Å²) >= 11 is 0.